The quantitative estimate of drug-likeness (QED) is 0.379. The lowest BCUT2D eigenvalue weighted by molar-refractivity contribution is 0.0526. The second kappa shape index (κ2) is 13.1. The summed E-state index contributed by atoms with van der Waals surface area (Å²) < 4.78 is 5.06. The molecule has 0 aliphatic carbocycles. The van der Waals surface area contributed by atoms with Crippen LogP contribution < -0.4 is 10.2 Å². The molecule has 36 heavy (non-hydrogen) atoms. The average molecular weight is 509 g/mol. The molecule has 4 rings (SSSR count). The monoisotopic (exact) mass is 508 g/mol. The van der Waals surface area contributed by atoms with E-state index < -0.39 is 0 Å². The summed E-state index contributed by atoms with van der Waals surface area (Å²) in [4.78, 5) is 20.4. The molecule has 0 amide bonds. The minimum atomic E-state index is -0.268. The Morgan fingerprint density at radius 1 is 0.972 bits per heavy atom. The maximum atomic E-state index is 11.8. The summed E-state index contributed by atoms with van der Waals surface area (Å²) in [5.74, 6) is -0.268. The highest BCUT2D eigenvalue weighted by atomic mass is 32.1. The number of aryl methyl sites for hydroxylation is 1. The minimum absolute atomic E-state index is 0.268. The zero-order valence-corrected chi connectivity index (χ0v) is 22.6. The Kier molecular flexibility index (Phi) is 9.59. The third-order valence-electron chi connectivity index (χ3n) is 7.25. The van der Waals surface area contributed by atoms with Crippen molar-refractivity contribution >= 4 is 34.6 Å². The molecular formula is C29H40N4O2S. The van der Waals surface area contributed by atoms with E-state index in [9.17, 15) is 4.79 Å². The predicted octanol–water partition coefficient (Wildman–Crippen LogP) is 4.98. The predicted molar refractivity (Wildman–Crippen MR) is 152 cm³/mol. The number of rotatable bonds is 9. The first-order valence-electron chi connectivity index (χ1n) is 13.4. The van der Waals surface area contributed by atoms with Gasteiger partial charge < -0.3 is 19.9 Å². The number of thiocarbonyl (C=S) groups is 1. The molecule has 2 aromatic rings. The lowest BCUT2D eigenvalue weighted by Gasteiger charge is -2.37. The molecule has 2 heterocycles. The molecule has 7 heteroatoms. The van der Waals surface area contributed by atoms with Crippen LogP contribution >= 0.6 is 12.2 Å². The Labute approximate surface area is 221 Å². The molecule has 1 N–H and O–H groups in total. The maximum Gasteiger partial charge on any atom is 0.338 e. The molecule has 2 saturated heterocycles. The Morgan fingerprint density at radius 3 is 2.28 bits per heavy atom. The number of esters is 1. The molecule has 2 aromatic carbocycles. The van der Waals surface area contributed by atoms with Crippen molar-refractivity contribution in [2.45, 2.75) is 45.6 Å². The van der Waals surface area contributed by atoms with Gasteiger partial charge >= 0.3 is 5.97 Å². The largest absolute Gasteiger partial charge is 0.462 e. The van der Waals surface area contributed by atoms with E-state index in [2.05, 4.69) is 51.2 Å². The Balaban J connectivity index is 1.11. The van der Waals surface area contributed by atoms with E-state index in [1.54, 1.807) is 0 Å². The van der Waals surface area contributed by atoms with Crippen LogP contribution in [0.25, 0.3) is 0 Å². The number of carbonyl (C=O) groups is 1. The molecule has 2 fully saturated rings. The lowest BCUT2D eigenvalue weighted by Crippen LogP contribution is -2.47. The molecule has 6 nitrogen and oxygen atoms in total. The second-order valence-corrected chi connectivity index (χ2v) is 10.3. The first kappa shape index (κ1) is 26.4. The van der Waals surface area contributed by atoms with Crippen molar-refractivity contribution in [1.29, 1.82) is 0 Å². The van der Waals surface area contributed by atoms with Crippen molar-refractivity contribution in [3.63, 3.8) is 0 Å². The lowest BCUT2D eigenvalue weighted by atomic mass is 10.0. The van der Waals surface area contributed by atoms with Crippen molar-refractivity contribution in [3.8, 4) is 0 Å². The average Bonchev–Trinajstić information content (AvgIpc) is 2.90. The zero-order chi connectivity index (χ0) is 25.3. The van der Waals surface area contributed by atoms with Gasteiger partial charge in [0.25, 0.3) is 0 Å². The number of piperidine rings is 1. The van der Waals surface area contributed by atoms with Crippen molar-refractivity contribution < 1.29 is 9.53 Å². The number of ether oxygens (including phenoxy) is 1. The fraction of sp³-hybridized carbons (Fsp3) is 0.517. The maximum absolute atomic E-state index is 11.8. The summed E-state index contributed by atoms with van der Waals surface area (Å²) in [5, 5.41) is 3.61. The van der Waals surface area contributed by atoms with E-state index in [4.69, 9.17) is 17.0 Å². The standard InChI is InChI=1S/C29H40N4O2S/c1-3-35-29(34)24-8-10-25(11-9-24)30-26-14-17-33(18-15-26)28(36)5-4-16-31-19-21-32(22-20-31)27-12-6-23(2)7-13-27/h6-13,26,30H,3-5,14-22H2,1-2H3. The number of carbonyl (C=O) groups excluding carboxylic acids is 1. The number of piperazine rings is 1. The molecule has 0 aromatic heterocycles. The first-order valence-corrected chi connectivity index (χ1v) is 13.8. The van der Waals surface area contributed by atoms with E-state index in [1.807, 2.05) is 31.2 Å². The molecule has 0 bridgehead atoms. The third-order valence-corrected chi connectivity index (χ3v) is 7.71. The van der Waals surface area contributed by atoms with Gasteiger partial charge in [-0.2, -0.15) is 0 Å². The van der Waals surface area contributed by atoms with Crippen LogP contribution in [0.4, 0.5) is 11.4 Å². The van der Waals surface area contributed by atoms with Crippen LogP contribution in [0.2, 0.25) is 0 Å². The number of anilines is 2. The number of benzene rings is 2. The summed E-state index contributed by atoms with van der Waals surface area (Å²) in [6.07, 6.45) is 4.27. The van der Waals surface area contributed by atoms with Crippen LogP contribution in [0.5, 0.6) is 0 Å². The van der Waals surface area contributed by atoms with Gasteiger partial charge in [-0.25, -0.2) is 4.79 Å². The van der Waals surface area contributed by atoms with E-state index in [0.29, 0.717) is 18.2 Å². The van der Waals surface area contributed by atoms with E-state index in [1.165, 1.54) is 11.3 Å². The van der Waals surface area contributed by atoms with Crippen molar-refractivity contribution in [3.05, 3.63) is 59.7 Å². The minimum Gasteiger partial charge on any atom is -0.462 e. The van der Waals surface area contributed by atoms with Crippen LogP contribution in [-0.4, -0.2) is 79.2 Å². The summed E-state index contributed by atoms with van der Waals surface area (Å²) >= 11 is 5.80. The van der Waals surface area contributed by atoms with Crippen LogP contribution in [0.1, 0.15) is 48.5 Å². The Morgan fingerprint density at radius 2 is 1.64 bits per heavy atom. The van der Waals surface area contributed by atoms with Crippen molar-refractivity contribution in [1.82, 2.24) is 9.80 Å². The zero-order valence-electron chi connectivity index (χ0n) is 21.7. The van der Waals surface area contributed by atoms with Crippen molar-refractivity contribution in [2.24, 2.45) is 0 Å². The molecule has 2 aliphatic rings. The van der Waals surface area contributed by atoms with E-state index in [0.717, 1.165) is 82.2 Å². The third kappa shape index (κ3) is 7.43. The van der Waals surface area contributed by atoms with Crippen LogP contribution in [0.3, 0.4) is 0 Å². The SMILES string of the molecule is CCOC(=O)c1ccc(NC2CCN(C(=S)CCCN3CCN(c4ccc(C)cc4)CC3)CC2)cc1. The topological polar surface area (TPSA) is 48.1 Å². The summed E-state index contributed by atoms with van der Waals surface area (Å²) in [5.41, 5.74) is 4.30. The fourth-order valence-electron chi connectivity index (χ4n) is 5.02. The molecule has 0 spiro atoms. The fourth-order valence-corrected chi connectivity index (χ4v) is 5.35. The first-order chi connectivity index (χ1) is 17.5. The Bertz CT molecular complexity index is 979. The highest BCUT2D eigenvalue weighted by molar-refractivity contribution is 7.80. The molecule has 0 unspecified atom stereocenters. The summed E-state index contributed by atoms with van der Waals surface area (Å²) in [6.45, 7) is 11.9. The van der Waals surface area contributed by atoms with Gasteiger partial charge in [0.2, 0.25) is 0 Å². The second-order valence-electron chi connectivity index (χ2n) is 9.87. The van der Waals surface area contributed by atoms with Gasteiger partial charge in [0.05, 0.1) is 17.2 Å². The molecule has 194 valence electrons. The molecular weight excluding hydrogens is 468 g/mol. The van der Waals surface area contributed by atoms with Gasteiger partial charge in [-0.1, -0.05) is 29.9 Å². The van der Waals surface area contributed by atoms with Crippen molar-refractivity contribution in [2.75, 3.05) is 62.6 Å². The van der Waals surface area contributed by atoms with E-state index in [-0.39, 0.29) is 5.97 Å². The van der Waals surface area contributed by atoms with Gasteiger partial charge in [0.15, 0.2) is 0 Å². The summed E-state index contributed by atoms with van der Waals surface area (Å²) in [6, 6.07) is 16.9. The molecule has 2 aliphatic heterocycles. The normalized spacial score (nSPS) is 17.2. The Hall–Kier alpha value is -2.64. The van der Waals surface area contributed by atoms with E-state index >= 15 is 0 Å². The highest BCUT2D eigenvalue weighted by Gasteiger charge is 2.22. The van der Waals surface area contributed by atoms with Gasteiger partial charge in [0, 0.05) is 56.7 Å². The molecule has 0 saturated carbocycles. The van der Waals surface area contributed by atoms with Crippen LogP contribution in [0.15, 0.2) is 48.5 Å². The van der Waals surface area contributed by atoms with Gasteiger partial charge in [-0.05, 0) is 82.5 Å². The molecule has 0 radical (unpaired) electrons. The summed E-state index contributed by atoms with van der Waals surface area (Å²) in [7, 11) is 0. The number of nitrogens with one attached hydrogen (secondary N) is 1. The number of nitrogens with zero attached hydrogens (tertiary/aromatic N) is 3. The number of hydrogen-bond acceptors (Lipinski definition) is 6. The van der Waals surface area contributed by atoms with Crippen LogP contribution in [-0.2, 0) is 4.74 Å². The number of hydrogen-bond donors (Lipinski definition) is 1. The van der Waals surface area contributed by atoms with Crippen LogP contribution in [0, 0.1) is 6.92 Å². The van der Waals surface area contributed by atoms with Gasteiger partial charge in [-0.15, -0.1) is 0 Å². The molecule has 0 atom stereocenters. The van der Waals surface area contributed by atoms with Gasteiger partial charge in [0.1, 0.15) is 0 Å². The highest BCUT2D eigenvalue weighted by Crippen LogP contribution is 2.20. The van der Waals surface area contributed by atoms with Gasteiger partial charge in [-0.3, -0.25) is 4.90 Å². The number of likely N-dealkylation sites (tertiary alicyclic amines) is 1. The smallest absolute Gasteiger partial charge is 0.338 e.